The van der Waals surface area contributed by atoms with Crippen LogP contribution in [-0.2, 0) is 6.61 Å². The average molecular weight is 332 g/mol. The summed E-state index contributed by atoms with van der Waals surface area (Å²) in [6, 6.07) is 14.5. The van der Waals surface area contributed by atoms with E-state index in [-0.39, 0.29) is 5.82 Å². The van der Waals surface area contributed by atoms with Crippen LogP contribution in [0.2, 0.25) is 0 Å². The second-order valence-corrected chi connectivity index (χ2v) is 5.22. The number of nitrogens with zero attached hydrogens (tertiary/aromatic N) is 1. The van der Waals surface area contributed by atoms with Gasteiger partial charge in [0, 0.05) is 11.6 Å². The number of hydrogen-bond donors (Lipinski definition) is 0. The summed E-state index contributed by atoms with van der Waals surface area (Å²) in [7, 11) is 0. The standard InChI is InChI=1S/C16H11BrFNO/c17-13-9-11(6-7-14(13)18)10-20-16-5-1-4-15-12(16)3-2-8-19-15/h1-9H,10H2. The van der Waals surface area contributed by atoms with Gasteiger partial charge in [0.05, 0.1) is 9.99 Å². The number of hydrogen-bond acceptors (Lipinski definition) is 2. The van der Waals surface area contributed by atoms with E-state index in [1.54, 1.807) is 18.3 Å². The Labute approximate surface area is 124 Å². The molecule has 0 fully saturated rings. The summed E-state index contributed by atoms with van der Waals surface area (Å²) in [5.41, 5.74) is 1.80. The minimum Gasteiger partial charge on any atom is -0.488 e. The lowest BCUT2D eigenvalue weighted by molar-refractivity contribution is 0.309. The first kappa shape index (κ1) is 13.1. The Morgan fingerprint density at radius 1 is 1.10 bits per heavy atom. The fraction of sp³-hybridized carbons (Fsp3) is 0.0625. The summed E-state index contributed by atoms with van der Waals surface area (Å²) >= 11 is 3.17. The number of ether oxygens (including phenoxy) is 1. The zero-order valence-electron chi connectivity index (χ0n) is 10.5. The first-order valence-corrected chi connectivity index (χ1v) is 6.94. The molecule has 20 heavy (non-hydrogen) atoms. The highest BCUT2D eigenvalue weighted by Crippen LogP contribution is 2.25. The highest BCUT2D eigenvalue weighted by atomic mass is 79.9. The first-order valence-electron chi connectivity index (χ1n) is 6.14. The van der Waals surface area contributed by atoms with E-state index in [0.29, 0.717) is 11.1 Å². The number of pyridine rings is 1. The molecule has 0 bridgehead atoms. The van der Waals surface area contributed by atoms with Gasteiger partial charge < -0.3 is 4.74 Å². The summed E-state index contributed by atoms with van der Waals surface area (Å²) in [4.78, 5) is 4.29. The van der Waals surface area contributed by atoms with Crippen LogP contribution in [0, 0.1) is 5.82 Å². The maximum Gasteiger partial charge on any atom is 0.137 e. The SMILES string of the molecule is Fc1ccc(COc2cccc3ncccc23)cc1Br. The zero-order valence-corrected chi connectivity index (χ0v) is 12.1. The third-order valence-electron chi connectivity index (χ3n) is 2.98. The minimum atomic E-state index is -0.275. The molecule has 3 rings (SSSR count). The average Bonchev–Trinajstić information content (AvgIpc) is 2.48. The zero-order chi connectivity index (χ0) is 13.9. The van der Waals surface area contributed by atoms with E-state index >= 15 is 0 Å². The summed E-state index contributed by atoms with van der Waals surface area (Å²) in [6.45, 7) is 0.382. The molecule has 0 saturated carbocycles. The number of fused-ring (bicyclic) bond motifs is 1. The van der Waals surface area contributed by atoms with Gasteiger partial charge in [-0.2, -0.15) is 0 Å². The van der Waals surface area contributed by atoms with Gasteiger partial charge in [0.25, 0.3) is 0 Å². The van der Waals surface area contributed by atoms with E-state index in [2.05, 4.69) is 20.9 Å². The summed E-state index contributed by atoms with van der Waals surface area (Å²) in [5.74, 6) is 0.499. The maximum absolute atomic E-state index is 13.2. The minimum absolute atomic E-state index is 0.275. The number of halogens is 2. The summed E-state index contributed by atoms with van der Waals surface area (Å²) in [6.07, 6.45) is 1.75. The summed E-state index contributed by atoms with van der Waals surface area (Å²) < 4.78 is 19.4. The second-order valence-electron chi connectivity index (χ2n) is 4.36. The Kier molecular flexibility index (Phi) is 3.65. The van der Waals surface area contributed by atoms with E-state index < -0.39 is 0 Å². The molecule has 0 aliphatic carbocycles. The third kappa shape index (κ3) is 2.65. The summed E-state index contributed by atoms with van der Waals surface area (Å²) in [5, 5.41) is 0.969. The van der Waals surface area contributed by atoms with Gasteiger partial charge in [0.1, 0.15) is 18.2 Å². The molecule has 0 aliphatic heterocycles. The van der Waals surface area contributed by atoms with Crippen LogP contribution in [0.4, 0.5) is 4.39 Å². The molecule has 1 heterocycles. The molecule has 0 radical (unpaired) electrons. The Morgan fingerprint density at radius 3 is 2.85 bits per heavy atom. The number of benzene rings is 2. The van der Waals surface area contributed by atoms with Crippen LogP contribution in [0.15, 0.2) is 59.2 Å². The third-order valence-corrected chi connectivity index (χ3v) is 3.59. The molecule has 0 aliphatic rings. The van der Waals surface area contributed by atoms with Crippen molar-refractivity contribution in [3.05, 3.63) is 70.6 Å². The van der Waals surface area contributed by atoms with Crippen LogP contribution >= 0.6 is 15.9 Å². The molecule has 100 valence electrons. The largest absolute Gasteiger partial charge is 0.488 e. The van der Waals surface area contributed by atoms with Crippen molar-refractivity contribution < 1.29 is 9.13 Å². The fourth-order valence-corrected chi connectivity index (χ4v) is 2.42. The number of rotatable bonds is 3. The molecule has 3 aromatic rings. The molecule has 0 spiro atoms. The van der Waals surface area contributed by atoms with Gasteiger partial charge in [-0.1, -0.05) is 12.1 Å². The molecule has 1 aromatic heterocycles. The van der Waals surface area contributed by atoms with Gasteiger partial charge in [-0.3, -0.25) is 4.98 Å². The van der Waals surface area contributed by atoms with Crippen molar-refractivity contribution in [2.24, 2.45) is 0 Å². The smallest absolute Gasteiger partial charge is 0.137 e. The van der Waals surface area contributed by atoms with Gasteiger partial charge in [-0.05, 0) is 57.9 Å². The normalized spacial score (nSPS) is 10.7. The quantitative estimate of drug-likeness (QED) is 0.693. The van der Waals surface area contributed by atoms with E-state index in [1.807, 2.05) is 30.3 Å². The second kappa shape index (κ2) is 5.59. The van der Waals surface area contributed by atoms with Crippen LogP contribution in [0.5, 0.6) is 5.75 Å². The van der Waals surface area contributed by atoms with Crippen molar-refractivity contribution in [1.29, 1.82) is 0 Å². The monoisotopic (exact) mass is 331 g/mol. The van der Waals surface area contributed by atoms with E-state index in [4.69, 9.17) is 4.74 Å². The number of aromatic nitrogens is 1. The molecule has 4 heteroatoms. The molecule has 2 aromatic carbocycles. The predicted molar refractivity (Wildman–Crippen MR) is 80.2 cm³/mol. The van der Waals surface area contributed by atoms with E-state index in [1.165, 1.54) is 6.07 Å². The van der Waals surface area contributed by atoms with Crippen LogP contribution in [-0.4, -0.2) is 4.98 Å². The van der Waals surface area contributed by atoms with Gasteiger partial charge in [-0.25, -0.2) is 4.39 Å². The lowest BCUT2D eigenvalue weighted by Gasteiger charge is -2.09. The van der Waals surface area contributed by atoms with Crippen LogP contribution in [0.1, 0.15) is 5.56 Å². The van der Waals surface area contributed by atoms with Crippen molar-refractivity contribution in [3.8, 4) is 5.75 Å². The van der Waals surface area contributed by atoms with Crippen LogP contribution in [0.25, 0.3) is 10.9 Å². The lowest BCUT2D eigenvalue weighted by Crippen LogP contribution is -1.97. The predicted octanol–water partition coefficient (Wildman–Crippen LogP) is 4.72. The highest BCUT2D eigenvalue weighted by Gasteiger charge is 2.04. The Morgan fingerprint density at radius 2 is 2.00 bits per heavy atom. The van der Waals surface area contributed by atoms with Gasteiger partial charge in [-0.15, -0.1) is 0 Å². The molecule has 0 unspecified atom stereocenters. The molecule has 0 atom stereocenters. The molecule has 0 saturated heterocycles. The van der Waals surface area contributed by atoms with E-state index in [9.17, 15) is 4.39 Å². The topological polar surface area (TPSA) is 22.1 Å². The van der Waals surface area contributed by atoms with Crippen molar-refractivity contribution in [1.82, 2.24) is 4.98 Å². The lowest BCUT2D eigenvalue weighted by atomic mass is 10.2. The molecule has 2 nitrogen and oxygen atoms in total. The Balaban J connectivity index is 1.85. The fourth-order valence-electron chi connectivity index (χ4n) is 1.99. The van der Waals surface area contributed by atoms with Crippen LogP contribution in [0.3, 0.4) is 0 Å². The highest BCUT2D eigenvalue weighted by molar-refractivity contribution is 9.10. The molecular formula is C16H11BrFNO. The van der Waals surface area contributed by atoms with Crippen molar-refractivity contribution in [3.63, 3.8) is 0 Å². The van der Waals surface area contributed by atoms with Gasteiger partial charge in [0.15, 0.2) is 0 Å². The Bertz CT molecular complexity index is 755. The van der Waals surface area contributed by atoms with E-state index in [0.717, 1.165) is 22.2 Å². The molecule has 0 N–H and O–H groups in total. The van der Waals surface area contributed by atoms with Gasteiger partial charge in [0.2, 0.25) is 0 Å². The maximum atomic E-state index is 13.2. The first-order chi connectivity index (χ1) is 9.74. The van der Waals surface area contributed by atoms with Crippen molar-refractivity contribution >= 4 is 26.8 Å². The van der Waals surface area contributed by atoms with Crippen molar-refractivity contribution in [2.45, 2.75) is 6.61 Å². The van der Waals surface area contributed by atoms with Gasteiger partial charge >= 0.3 is 0 Å². The molecular weight excluding hydrogens is 321 g/mol. The Hall–Kier alpha value is -1.94. The van der Waals surface area contributed by atoms with Crippen LogP contribution < -0.4 is 4.74 Å². The van der Waals surface area contributed by atoms with Crippen molar-refractivity contribution in [2.75, 3.05) is 0 Å². The molecule has 0 amide bonds.